The zero-order valence-corrected chi connectivity index (χ0v) is 33.8. The second-order valence-electron chi connectivity index (χ2n) is 13.6. The quantitative estimate of drug-likeness (QED) is 0.0279. The van der Waals surface area contributed by atoms with E-state index in [-0.39, 0.29) is 19.4 Å². The van der Waals surface area contributed by atoms with E-state index < -0.39 is 32.5 Å². The predicted molar refractivity (Wildman–Crippen MR) is 216 cm³/mol. The van der Waals surface area contributed by atoms with Crippen LogP contribution in [-0.4, -0.2) is 41.0 Å². The molecule has 8 nitrogen and oxygen atoms in total. The van der Waals surface area contributed by atoms with Gasteiger partial charge in [-0.3, -0.25) is 14.1 Å². The first-order chi connectivity index (χ1) is 25.3. The minimum Gasteiger partial charge on any atom is -0.462 e. The standard InChI is InChI=1S/C43H75O8P/c1-3-5-7-9-11-13-15-17-18-19-20-21-22-23-24-26-27-29-31-33-35-37-42(44)49-39-41(40-50-52(46,47)48)51-43(45)38-36-34-32-30-28-25-16-14-12-10-8-6-4-2/h6,8,12,14,19-20,25,28,32,34,41H,3-5,7,9-11,13,15-18,21-24,26-27,29-31,33,35-40H2,1-2H3,(H2,46,47,48)/b8-6-,14-12-,20-19-,28-25-,34-32-. The third kappa shape index (κ3) is 40.5. The average molecular weight is 751 g/mol. The highest BCUT2D eigenvalue weighted by molar-refractivity contribution is 7.46. The van der Waals surface area contributed by atoms with Gasteiger partial charge in [-0.1, -0.05) is 164 Å². The highest BCUT2D eigenvalue weighted by atomic mass is 31.2. The van der Waals surface area contributed by atoms with Crippen molar-refractivity contribution in [2.75, 3.05) is 13.2 Å². The van der Waals surface area contributed by atoms with Gasteiger partial charge in [-0.15, -0.1) is 0 Å². The molecule has 0 fully saturated rings. The van der Waals surface area contributed by atoms with Gasteiger partial charge in [-0.25, -0.2) is 4.57 Å². The third-order valence-electron chi connectivity index (χ3n) is 8.53. The molecule has 0 heterocycles. The van der Waals surface area contributed by atoms with E-state index >= 15 is 0 Å². The van der Waals surface area contributed by atoms with Crippen molar-refractivity contribution in [1.29, 1.82) is 0 Å². The molecule has 0 aliphatic carbocycles. The number of unbranched alkanes of at least 4 members (excludes halogenated alkanes) is 17. The molecule has 0 aliphatic rings. The molecule has 0 rings (SSSR count). The number of carbonyl (C=O) groups excluding carboxylic acids is 2. The van der Waals surface area contributed by atoms with E-state index in [4.69, 9.17) is 19.3 Å². The molecule has 0 aliphatic heterocycles. The molecule has 9 heteroatoms. The second-order valence-corrected chi connectivity index (χ2v) is 14.8. The first-order valence-corrected chi connectivity index (χ1v) is 22.1. The number of phosphoric acid groups is 1. The fourth-order valence-corrected chi connectivity index (χ4v) is 5.86. The summed E-state index contributed by atoms with van der Waals surface area (Å²) in [6.07, 6.45) is 48.3. The summed E-state index contributed by atoms with van der Waals surface area (Å²) in [5.74, 6) is -0.983. The number of hydrogen-bond donors (Lipinski definition) is 2. The van der Waals surface area contributed by atoms with Crippen LogP contribution in [0.4, 0.5) is 0 Å². The molecule has 0 aromatic heterocycles. The Morgan fingerprint density at radius 3 is 1.46 bits per heavy atom. The molecular formula is C43H75O8P. The number of phosphoric ester groups is 1. The maximum absolute atomic E-state index is 12.3. The normalized spacial score (nSPS) is 13.1. The van der Waals surface area contributed by atoms with Crippen LogP contribution in [0.3, 0.4) is 0 Å². The molecule has 0 bridgehead atoms. The molecule has 0 spiro atoms. The van der Waals surface area contributed by atoms with Gasteiger partial charge in [0.25, 0.3) is 0 Å². The SMILES string of the molecule is CC/C=C\C/C=C\C/C=C\C/C=C\CCC(=O)OC(COC(=O)CCCCCCCCCCC/C=C\CCCCCCCCCC)COP(=O)(O)O. The van der Waals surface area contributed by atoms with Crippen molar-refractivity contribution in [3.63, 3.8) is 0 Å². The van der Waals surface area contributed by atoms with Crippen molar-refractivity contribution in [1.82, 2.24) is 0 Å². The Labute approximate surface area is 317 Å². The maximum atomic E-state index is 12.3. The Hall–Kier alpha value is -2.25. The molecular weight excluding hydrogens is 675 g/mol. The molecule has 1 unspecified atom stereocenters. The van der Waals surface area contributed by atoms with Gasteiger partial charge in [0, 0.05) is 12.8 Å². The first kappa shape index (κ1) is 49.8. The van der Waals surface area contributed by atoms with Crippen LogP contribution in [0.15, 0.2) is 60.8 Å². The summed E-state index contributed by atoms with van der Waals surface area (Å²) in [6, 6.07) is 0. The topological polar surface area (TPSA) is 119 Å². The molecule has 0 saturated heterocycles. The summed E-state index contributed by atoms with van der Waals surface area (Å²) in [5.41, 5.74) is 0. The largest absolute Gasteiger partial charge is 0.469 e. The smallest absolute Gasteiger partial charge is 0.462 e. The van der Waals surface area contributed by atoms with E-state index in [2.05, 4.69) is 67.0 Å². The van der Waals surface area contributed by atoms with Crippen LogP contribution in [0.5, 0.6) is 0 Å². The number of allylic oxidation sites excluding steroid dienone is 10. The summed E-state index contributed by atoms with van der Waals surface area (Å²) in [5, 5.41) is 0. The first-order valence-electron chi connectivity index (χ1n) is 20.6. The van der Waals surface area contributed by atoms with E-state index in [0.717, 1.165) is 44.9 Å². The maximum Gasteiger partial charge on any atom is 0.469 e. The summed E-state index contributed by atoms with van der Waals surface area (Å²) < 4.78 is 26.3. The van der Waals surface area contributed by atoms with E-state index in [1.807, 2.05) is 12.2 Å². The van der Waals surface area contributed by atoms with Crippen LogP contribution in [0.2, 0.25) is 0 Å². The van der Waals surface area contributed by atoms with Gasteiger partial charge < -0.3 is 19.3 Å². The fraction of sp³-hybridized carbons (Fsp3) is 0.721. The van der Waals surface area contributed by atoms with E-state index in [9.17, 15) is 14.2 Å². The molecule has 0 radical (unpaired) electrons. The van der Waals surface area contributed by atoms with Crippen LogP contribution in [0.25, 0.3) is 0 Å². The number of hydrogen-bond acceptors (Lipinski definition) is 6. The van der Waals surface area contributed by atoms with Crippen molar-refractivity contribution < 1.29 is 37.9 Å². The van der Waals surface area contributed by atoms with Crippen molar-refractivity contribution in [3.8, 4) is 0 Å². The van der Waals surface area contributed by atoms with E-state index in [1.54, 1.807) is 0 Å². The third-order valence-corrected chi connectivity index (χ3v) is 9.02. The number of carbonyl (C=O) groups is 2. The Morgan fingerprint density at radius 1 is 0.519 bits per heavy atom. The summed E-state index contributed by atoms with van der Waals surface area (Å²) in [7, 11) is -4.77. The van der Waals surface area contributed by atoms with Gasteiger partial charge in [-0.2, -0.15) is 0 Å². The predicted octanol–water partition coefficient (Wildman–Crippen LogP) is 12.5. The summed E-state index contributed by atoms with van der Waals surface area (Å²) >= 11 is 0. The van der Waals surface area contributed by atoms with Gasteiger partial charge in [0.2, 0.25) is 0 Å². The molecule has 300 valence electrons. The monoisotopic (exact) mass is 751 g/mol. The molecule has 0 amide bonds. The highest BCUT2D eigenvalue weighted by Crippen LogP contribution is 2.36. The van der Waals surface area contributed by atoms with Gasteiger partial charge in [0.05, 0.1) is 6.61 Å². The summed E-state index contributed by atoms with van der Waals surface area (Å²) in [4.78, 5) is 42.7. The van der Waals surface area contributed by atoms with Crippen molar-refractivity contribution in [3.05, 3.63) is 60.8 Å². The second kappa shape index (κ2) is 38.5. The van der Waals surface area contributed by atoms with Gasteiger partial charge >= 0.3 is 19.8 Å². The number of rotatable bonds is 37. The molecule has 0 aromatic rings. The highest BCUT2D eigenvalue weighted by Gasteiger charge is 2.22. The Morgan fingerprint density at radius 2 is 0.962 bits per heavy atom. The van der Waals surface area contributed by atoms with E-state index in [0.29, 0.717) is 12.8 Å². The van der Waals surface area contributed by atoms with E-state index in [1.165, 1.54) is 96.3 Å². The fourth-order valence-electron chi connectivity index (χ4n) is 5.50. The van der Waals surface area contributed by atoms with Crippen LogP contribution in [0, 0.1) is 0 Å². The lowest BCUT2D eigenvalue weighted by molar-refractivity contribution is -0.161. The minimum atomic E-state index is -4.77. The lowest BCUT2D eigenvalue weighted by atomic mass is 10.1. The Balaban J connectivity index is 3.95. The van der Waals surface area contributed by atoms with Crippen LogP contribution >= 0.6 is 7.82 Å². The molecule has 0 saturated carbocycles. The number of ether oxygens (including phenoxy) is 2. The lowest BCUT2D eigenvalue weighted by Gasteiger charge is -2.18. The van der Waals surface area contributed by atoms with Crippen molar-refractivity contribution >= 4 is 19.8 Å². The molecule has 1 atom stereocenters. The Kier molecular flexibility index (Phi) is 36.8. The van der Waals surface area contributed by atoms with Crippen LogP contribution in [0.1, 0.15) is 181 Å². The molecule has 2 N–H and O–H groups in total. The zero-order valence-electron chi connectivity index (χ0n) is 32.9. The van der Waals surface area contributed by atoms with Crippen LogP contribution in [-0.2, 0) is 28.2 Å². The minimum absolute atomic E-state index is 0.0887. The van der Waals surface area contributed by atoms with Gasteiger partial charge in [-0.05, 0) is 64.2 Å². The van der Waals surface area contributed by atoms with Crippen LogP contribution < -0.4 is 0 Å². The summed E-state index contributed by atoms with van der Waals surface area (Å²) in [6.45, 7) is 3.50. The van der Waals surface area contributed by atoms with Crippen molar-refractivity contribution in [2.45, 2.75) is 187 Å². The van der Waals surface area contributed by atoms with Gasteiger partial charge in [0.15, 0.2) is 6.10 Å². The van der Waals surface area contributed by atoms with Gasteiger partial charge in [0.1, 0.15) is 6.61 Å². The van der Waals surface area contributed by atoms with Crippen molar-refractivity contribution in [2.24, 2.45) is 0 Å². The Bertz CT molecular complexity index is 1030. The number of esters is 2. The zero-order chi connectivity index (χ0) is 38.2. The average Bonchev–Trinajstić information content (AvgIpc) is 3.11. The lowest BCUT2D eigenvalue weighted by Crippen LogP contribution is -2.29. The molecule has 0 aromatic carbocycles. The molecule has 52 heavy (non-hydrogen) atoms.